The number of rotatable bonds is 11. The van der Waals surface area contributed by atoms with Crippen LogP contribution in [0, 0.1) is 6.92 Å². The van der Waals surface area contributed by atoms with E-state index in [0.717, 1.165) is 22.4 Å². The molecule has 0 aromatic heterocycles. The van der Waals surface area contributed by atoms with Gasteiger partial charge in [-0.05, 0) is 43.5 Å². The summed E-state index contributed by atoms with van der Waals surface area (Å²) < 4.78 is 0. The van der Waals surface area contributed by atoms with Crippen molar-refractivity contribution in [3.05, 3.63) is 102 Å². The first-order valence-electron chi connectivity index (χ1n) is 11.8. The number of hydrogen-bond donors (Lipinski definition) is 1. The molecule has 0 fully saturated rings. The van der Waals surface area contributed by atoms with Gasteiger partial charge in [0.2, 0.25) is 11.8 Å². The third kappa shape index (κ3) is 7.77. The van der Waals surface area contributed by atoms with E-state index < -0.39 is 6.04 Å². The molecule has 0 aliphatic rings. The van der Waals surface area contributed by atoms with Gasteiger partial charge in [-0.3, -0.25) is 9.59 Å². The van der Waals surface area contributed by atoms with Crippen LogP contribution in [0.15, 0.2) is 89.8 Å². The highest BCUT2D eigenvalue weighted by molar-refractivity contribution is 8.00. The van der Waals surface area contributed by atoms with E-state index in [-0.39, 0.29) is 23.6 Å². The summed E-state index contributed by atoms with van der Waals surface area (Å²) in [6, 6.07) is 27.4. The molecule has 0 radical (unpaired) electrons. The first-order valence-corrected chi connectivity index (χ1v) is 12.8. The average Bonchev–Trinajstić information content (AvgIpc) is 2.86. The van der Waals surface area contributed by atoms with Crippen LogP contribution in [0.5, 0.6) is 0 Å². The van der Waals surface area contributed by atoms with E-state index in [0.29, 0.717) is 13.0 Å². The van der Waals surface area contributed by atoms with E-state index >= 15 is 0 Å². The minimum absolute atomic E-state index is 0.0429. The topological polar surface area (TPSA) is 49.4 Å². The zero-order valence-corrected chi connectivity index (χ0v) is 21.1. The molecule has 0 aliphatic carbocycles. The lowest BCUT2D eigenvalue weighted by Gasteiger charge is -2.32. The molecule has 3 rings (SSSR count). The maximum absolute atomic E-state index is 13.6. The summed E-state index contributed by atoms with van der Waals surface area (Å²) in [5.41, 5.74) is 3.22. The van der Waals surface area contributed by atoms with Gasteiger partial charge in [0.05, 0.1) is 5.75 Å². The van der Waals surface area contributed by atoms with E-state index in [4.69, 9.17) is 0 Å². The Balaban J connectivity index is 1.88. The van der Waals surface area contributed by atoms with Crippen molar-refractivity contribution in [3.63, 3.8) is 0 Å². The third-order valence-electron chi connectivity index (χ3n) is 5.85. The molecule has 34 heavy (non-hydrogen) atoms. The highest BCUT2D eigenvalue weighted by atomic mass is 32.2. The highest BCUT2D eigenvalue weighted by Crippen LogP contribution is 2.21. The van der Waals surface area contributed by atoms with Crippen molar-refractivity contribution < 1.29 is 9.59 Å². The van der Waals surface area contributed by atoms with Crippen LogP contribution in [-0.4, -0.2) is 34.6 Å². The molecule has 2 atom stereocenters. The number of nitrogens with zero attached hydrogens (tertiary/aromatic N) is 1. The van der Waals surface area contributed by atoms with Crippen LogP contribution in [0.1, 0.15) is 37.0 Å². The van der Waals surface area contributed by atoms with Crippen LogP contribution in [-0.2, 0) is 22.6 Å². The molecule has 2 amide bonds. The molecule has 4 nitrogen and oxygen atoms in total. The number of nitrogens with one attached hydrogen (secondary N) is 1. The molecule has 3 aromatic carbocycles. The van der Waals surface area contributed by atoms with Gasteiger partial charge in [-0.1, -0.05) is 85.3 Å². The first kappa shape index (κ1) is 25.6. The van der Waals surface area contributed by atoms with Crippen LogP contribution >= 0.6 is 11.8 Å². The smallest absolute Gasteiger partial charge is 0.243 e. The SMILES string of the molecule is CC[C@H](C)NC(=O)[C@H](Cc1ccccc1)N(Cc1ccccc1)C(=O)CSc1ccc(C)cc1. The zero-order chi connectivity index (χ0) is 24.3. The predicted octanol–water partition coefficient (Wildman–Crippen LogP) is 5.64. The zero-order valence-electron chi connectivity index (χ0n) is 20.2. The molecule has 0 aliphatic heterocycles. The number of aryl methyl sites for hydroxylation is 1. The molecule has 0 heterocycles. The molecule has 0 spiro atoms. The van der Waals surface area contributed by atoms with E-state index in [9.17, 15) is 9.59 Å². The van der Waals surface area contributed by atoms with Gasteiger partial charge in [0.25, 0.3) is 0 Å². The minimum Gasteiger partial charge on any atom is -0.352 e. The van der Waals surface area contributed by atoms with Gasteiger partial charge in [0.15, 0.2) is 0 Å². The molecule has 3 aromatic rings. The van der Waals surface area contributed by atoms with E-state index in [1.165, 1.54) is 17.3 Å². The van der Waals surface area contributed by atoms with Gasteiger partial charge >= 0.3 is 0 Å². The normalized spacial score (nSPS) is 12.6. The molecular weight excluding hydrogens is 440 g/mol. The van der Waals surface area contributed by atoms with Crippen molar-refractivity contribution in [2.24, 2.45) is 0 Å². The fourth-order valence-corrected chi connectivity index (χ4v) is 4.42. The molecule has 178 valence electrons. The second-order valence-electron chi connectivity index (χ2n) is 8.63. The van der Waals surface area contributed by atoms with Gasteiger partial charge in [-0.25, -0.2) is 0 Å². The predicted molar refractivity (Wildman–Crippen MR) is 141 cm³/mol. The third-order valence-corrected chi connectivity index (χ3v) is 6.85. The van der Waals surface area contributed by atoms with Gasteiger partial charge in [-0.15, -0.1) is 11.8 Å². The number of carbonyl (C=O) groups is 2. The lowest BCUT2D eigenvalue weighted by molar-refractivity contribution is -0.139. The van der Waals surface area contributed by atoms with Crippen molar-refractivity contribution >= 4 is 23.6 Å². The maximum atomic E-state index is 13.6. The van der Waals surface area contributed by atoms with Gasteiger partial charge < -0.3 is 10.2 Å². The fourth-order valence-electron chi connectivity index (χ4n) is 3.64. The number of thioether (sulfide) groups is 1. The molecule has 1 N–H and O–H groups in total. The van der Waals surface area contributed by atoms with Crippen molar-refractivity contribution in [2.45, 2.75) is 57.1 Å². The van der Waals surface area contributed by atoms with Crippen LogP contribution < -0.4 is 5.32 Å². The Labute approximate surface area is 207 Å². The maximum Gasteiger partial charge on any atom is 0.243 e. The van der Waals surface area contributed by atoms with Gasteiger partial charge in [0, 0.05) is 23.9 Å². The number of benzene rings is 3. The Morgan fingerprint density at radius 1 is 0.882 bits per heavy atom. The Kier molecular flexibility index (Phi) is 9.77. The van der Waals surface area contributed by atoms with Crippen molar-refractivity contribution in [1.29, 1.82) is 0 Å². The molecular formula is C29H34N2O2S. The molecule has 0 saturated heterocycles. The molecule has 0 unspecified atom stereocenters. The number of amides is 2. The van der Waals surface area contributed by atoms with Crippen molar-refractivity contribution in [2.75, 3.05) is 5.75 Å². The minimum atomic E-state index is -0.595. The summed E-state index contributed by atoms with van der Waals surface area (Å²) in [5, 5.41) is 3.11. The van der Waals surface area contributed by atoms with Crippen LogP contribution in [0.3, 0.4) is 0 Å². The Hall–Kier alpha value is -3.05. The van der Waals surface area contributed by atoms with Crippen molar-refractivity contribution in [3.8, 4) is 0 Å². The van der Waals surface area contributed by atoms with Crippen LogP contribution in [0.25, 0.3) is 0 Å². The summed E-state index contributed by atoms with van der Waals surface area (Å²) in [4.78, 5) is 29.9. The summed E-state index contributed by atoms with van der Waals surface area (Å²) in [6.07, 6.45) is 1.30. The first-order chi connectivity index (χ1) is 16.5. The summed E-state index contributed by atoms with van der Waals surface area (Å²) in [7, 11) is 0. The summed E-state index contributed by atoms with van der Waals surface area (Å²) >= 11 is 1.51. The standard InChI is InChI=1S/C29H34N2O2S/c1-4-23(3)30-29(33)27(19-24-11-7-5-8-12-24)31(20-25-13-9-6-10-14-25)28(32)21-34-26-17-15-22(2)16-18-26/h5-18,23,27H,4,19-21H2,1-3H3,(H,30,33)/t23-,27-/m0/s1. The fraction of sp³-hybridized carbons (Fsp3) is 0.310. The van der Waals surface area contributed by atoms with E-state index in [1.807, 2.05) is 106 Å². The molecule has 5 heteroatoms. The number of carbonyl (C=O) groups excluding carboxylic acids is 2. The summed E-state index contributed by atoms with van der Waals surface area (Å²) in [5.74, 6) is 0.120. The summed E-state index contributed by atoms with van der Waals surface area (Å²) in [6.45, 7) is 6.47. The Morgan fingerprint density at radius 3 is 2.06 bits per heavy atom. The van der Waals surface area contributed by atoms with E-state index in [1.54, 1.807) is 4.90 Å². The Morgan fingerprint density at radius 2 is 1.47 bits per heavy atom. The Bertz CT molecular complexity index is 1040. The van der Waals surface area contributed by atoms with Crippen molar-refractivity contribution in [1.82, 2.24) is 10.2 Å². The van der Waals surface area contributed by atoms with Gasteiger partial charge in [-0.2, -0.15) is 0 Å². The highest BCUT2D eigenvalue weighted by Gasteiger charge is 2.30. The quantitative estimate of drug-likeness (QED) is 0.366. The lowest BCUT2D eigenvalue weighted by Crippen LogP contribution is -2.52. The lowest BCUT2D eigenvalue weighted by atomic mass is 10.0. The molecule has 0 bridgehead atoms. The second kappa shape index (κ2) is 13.0. The van der Waals surface area contributed by atoms with Gasteiger partial charge in [0.1, 0.15) is 6.04 Å². The second-order valence-corrected chi connectivity index (χ2v) is 9.68. The average molecular weight is 475 g/mol. The largest absolute Gasteiger partial charge is 0.352 e. The van der Waals surface area contributed by atoms with Crippen LogP contribution in [0.2, 0.25) is 0 Å². The van der Waals surface area contributed by atoms with E-state index in [2.05, 4.69) is 5.32 Å². The molecule has 0 saturated carbocycles. The monoisotopic (exact) mass is 474 g/mol. The number of hydrogen-bond acceptors (Lipinski definition) is 3. The van der Waals surface area contributed by atoms with Crippen LogP contribution in [0.4, 0.5) is 0 Å².